The first-order valence-electron chi connectivity index (χ1n) is 5.57. The highest BCUT2D eigenvalue weighted by Gasteiger charge is 2.37. The van der Waals surface area contributed by atoms with Crippen molar-refractivity contribution in [2.45, 2.75) is 0 Å². The Balaban J connectivity index is 1.43. The Morgan fingerprint density at radius 3 is 1.21 bits per heavy atom. The molecule has 0 atom stereocenters. The van der Waals surface area contributed by atoms with Gasteiger partial charge in [0.15, 0.2) is 23.0 Å². The molecule has 0 saturated heterocycles. The molecule has 0 N–H and O–H groups in total. The minimum absolute atomic E-state index is 0.681. The lowest BCUT2D eigenvalue weighted by atomic mass is 10.3. The second-order valence-electron chi connectivity index (χ2n) is 3.79. The van der Waals surface area contributed by atoms with E-state index < -0.39 is 17.2 Å². The van der Waals surface area contributed by atoms with Crippen molar-refractivity contribution in [3.8, 4) is 23.0 Å². The Labute approximate surface area is 112 Å². The zero-order chi connectivity index (χ0) is 12.7. The van der Waals surface area contributed by atoms with Crippen LogP contribution < -0.4 is 18.1 Å². The van der Waals surface area contributed by atoms with Crippen molar-refractivity contribution in [3.63, 3.8) is 0 Å². The maximum atomic E-state index is 5.58. The lowest BCUT2D eigenvalue weighted by molar-refractivity contribution is 0.390. The van der Waals surface area contributed by atoms with Crippen LogP contribution in [0.4, 0.5) is 0 Å². The normalized spacial score (nSPS) is 16.8. The molecule has 5 nitrogen and oxygen atoms in total. The maximum absolute atomic E-state index is 5.58. The highest BCUT2D eigenvalue weighted by Crippen LogP contribution is 2.63. The molecule has 96 valence electrons. The fourth-order valence-corrected chi connectivity index (χ4v) is 3.97. The molecule has 19 heavy (non-hydrogen) atoms. The molecule has 2 aromatic rings. The van der Waals surface area contributed by atoms with Gasteiger partial charge in [-0.25, -0.2) is 0 Å². The summed E-state index contributed by atoms with van der Waals surface area (Å²) in [5, 5.41) is 0. The third-order valence-corrected chi connectivity index (χ3v) is 4.97. The van der Waals surface area contributed by atoms with E-state index in [0.717, 1.165) is 0 Å². The van der Waals surface area contributed by atoms with Gasteiger partial charge in [-0.05, 0) is 24.3 Å². The van der Waals surface area contributed by atoms with Crippen LogP contribution in [0, 0.1) is 0 Å². The third kappa shape index (κ3) is 2.10. The van der Waals surface area contributed by atoms with E-state index in [1.54, 1.807) is 0 Å². The van der Waals surface area contributed by atoms with E-state index in [9.17, 15) is 0 Å². The second-order valence-corrected chi connectivity index (χ2v) is 6.07. The quantitative estimate of drug-likeness (QED) is 0.768. The van der Waals surface area contributed by atoms with Crippen molar-refractivity contribution in [1.82, 2.24) is 0 Å². The first-order valence-corrected chi connectivity index (χ1v) is 7.76. The molecule has 0 aliphatic carbocycles. The highest BCUT2D eigenvalue weighted by molar-refractivity contribution is 7.56. The van der Waals surface area contributed by atoms with Crippen molar-refractivity contribution in [2.75, 3.05) is 0 Å². The molecular weight excluding hydrogens is 286 g/mol. The van der Waals surface area contributed by atoms with Crippen LogP contribution in [0.3, 0.4) is 0 Å². The van der Waals surface area contributed by atoms with E-state index in [1.165, 1.54) is 0 Å². The summed E-state index contributed by atoms with van der Waals surface area (Å²) in [4.78, 5) is 0. The Bertz CT molecular complexity index is 517. The van der Waals surface area contributed by atoms with Gasteiger partial charge < -0.3 is 18.1 Å². The summed E-state index contributed by atoms with van der Waals surface area (Å²) < 4.78 is 27.8. The average Bonchev–Trinajstić information content (AvgIpc) is 3.00. The number of benzene rings is 2. The highest BCUT2D eigenvalue weighted by atomic mass is 31.2. The van der Waals surface area contributed by atoms with Crippen LogP contribution in [-0.4, -0.2) is 0 Å². The first kappa shape index (κ1) is 11.3. The van der Waals surface area contributed by atoms with E-state index in [0.29, 0.717) is 23.0 Å². The predicted octanol–water partition coefficient (Wildman–Crippen LogP) is 4.40. The summed E-state index contributed by atoms with van der Waals surface area (Å²) in [7, 11) is -3.01. The number of fused-ring (bicyclic) bond motifs is 2. The Kier molecular flexibility index (Phi) is 2.70. The number of para-hydroxylation sites is 4. The van der Waals surface area contributed by atoms with Crippen LogP contribution in [0.1, 0.15) is 0 Å². The third-order valence-electron chi connectivity index (χ3n) is 2.52. The van der Waals surface area contributed by atoms with E-state index >= 15 is 0 Å². The molecule has 0 amide bonds. The summed E-state index contributed by atoms with van der Waals surface area (Å²) >= 11 is 0. The van der Waals surface area contributed by atoms with E-state index in [2.05, 4.69) is 0 Å². The monoisotopic (exact) mass is 294 g/mol. The zero-order valence-electron chi connectivity index (χ0n) is 9.55. The maximum Gasteiger partial charge on any atom is 0.472 e. The molecule has 2 aromatic carbocycles. The minimum atomic E-state index is -1.51. The van der Waals surface area contributed by atoms with Gasteiger partial charge >= 0.3 is 17.2 Å². The minimum Gasteiger partial charge on any atom is -0.413 e. The molecule has 0 radical (unpaired) electrons. The Hall–Kier alpha value is -1.54. The molecule has 2 heterocycles. The summed E-state index contributed by atoms with van der Waals surface area (Å²) in [5.74, 6) is 2.72. The molecule has 4 rings (SSSR count). The van der Waals surface area contributed by atoms with Gasteiger partial charge in [0.1, 0.15) is 0 Å². The molecular formula is C12H8O5P2. The molecule has 0 fully saturated rings. The van der Waals surface area contributed by atoms with Gasteiger partial charge in [-0.3, -0.25) is 0 Å². The lowest BCUT2D eigenvalue weighted by Crippen LogP contribution is -1.93. The number of hydrogen-bond acceptors (Lipinski definition) is 5. The molecule has 0 spiro atoms. The standard InChI is InChI=1S/C12H8O5P2/c1-2-6-10-9(5-1)13-18(14-10)17-19-15-11-7-3-4-8-12(11)16-19/h1-8H. The molecule has 0 bridgehead atoms. The summed E-state index contributed by atoms with van der Waals surface area (Å²) in [6, 6.07) is 14.8. The fourth-order valence-electron chi connectivity index (χ4n) is 1.68. The molecule has 0 aromatic heterocycles. The van der Waals surface area contributed by atoms with E-state index in [4.69, 9.17) is 22.4 Å². The van der Waals surface area contributed by atoms with Gasteiger partial charge in [0.25, 0.3) is 0 Å². The Morgan fingerprint density at radius 2 is 0.895 bits per heavy atom. The zero-order valence-corrected chi connectivity index (χ0v) is 11.3. The largest absolute Gasteiger partial charge is 0.472 e. The van der Waals surface area contributed by atoms with E-state index in [-0.39, 0.29) is 0 Å². The number of rotatable bonds is 2. The van der Waals surface area contributed by atoms with Crippen molar-refractivity contribution >= 4 is 17.2 Å². The SMILES string of the molecule is c1ccc2c(c1)OP(OP1Oc3ccccc3O1)O2. The summed E-state index contributed by atoms with van der Waals surface area (Å²) in [6.07, 6.45) is 0. The first-order chi connectivity index (χ1) is 9.38. The van der Waals surface area contributed by atoms with Gasteiger partial charge in [-0.15, -0.1) is 0 Å². The van der Waals surface area contributed by atoms with Crippen LogP contribution in [0.25, 0.3) is 0 Å². The Morgan fingerprint density at radius 1 is 0.579 bits per heavy atom. The molecule has 2 aliphatic rings. The average molecular weight is 294 g/mol. The smallest absolute Gasteiger partial charge is 0.413 e. The van der Waals surface area contributed by atoms with Crippen molar-refractivity contribution in [1.29, 1.82) is 0 Å². The van der Waals surface area contributed by atoms with Crippen LogP contribution in [0.15, 0.2) is 48.5 Å². The van der Waals surface area contributed by atoms with Crippen molar-refractivity contribution < 1.29 is 22.4 Å². The van der Waals surface area contributed by atoms with Crippen LogP contribution in [0.2, 0.25) is 0 Å². The molecule has 0 saturated carbocycles. The second kappa shape index (κ2) is 4.53. The van der Waals surface area contributed by atoms with E-state index in [1.807, 2.05) is 48.5 Å². The van der Waals surface area contributed by atoms with Gasteiger partial charge in [0.2, 0.25) is 0 Å². The fraction of sp³-hybridized carbons (Fsp3) is 0. The van der Waals surface area contributed by atoms with Crippen LogP contribution in [-0.2, 0) is 4.31 Å². The van der Waals surface area contributed by atoms with Crippen molar-refractivity contribution in [2.24, 2.45) is 0 Å². The summed E-state index contributed by atoms with van der Waals surface area (Å²) in [6.45, 7) is 0. The van der Waals surface area contributed by atoms with Gasteiger partial charge in [0, 0.05) is 0 Å². The molecule has 2 aliphatic heterocycles. The number of hydrogen-bond donors (Lipinski definition) is 0. The van der Waals surface area contributed by atoms with Crippen LogP contribution >= 0.6 is 17.2 Å². The van der Waals surface area contributed by atoms with Gasteiger partial charge in [0.05, 0.1) is 0 Å². The van der Waals surface area contributed by atoms with Crippen molar-refractivity contribution in [3.05, 3.63) is 48.5 Å². The molecule has 7 heteroatoms. The van der Waals surface area contributed by atoms with Gasteiger partial charge in [-0.1, -0.05) is 24.3 Å². The molecule has 0 unspecified atom stereocenters. The topological polar surface area (TPSA) is 46.2 Å². The lowest BCUT2D eigenvalue weighted by Gasteiger charge is -2.10. The van der Waals surface area contributed by atoms with Crippen LogP contribution in [0.5, 0.6) is 23.0 Å². The summed E-state index contributed by atoms with van der Waals surface area (Å²) in [5.41, 5.74) is 0. The predicted molar refractivity (Wildman–Crippen MR) is 70.3 cm³/mol. The van der Waals surface area contributed by atoms with Gasteiger partial charge in [-0.2, -0.15) is 4.31 Å².